The molecule has 0 aromatic rings. The van der Waals surface area contributed by atoms with Gasteiger partial charge in [0.15, 0.2) is 0 Å². The predicted molar refractivity (Wildman–Crippen MR) is 52.7 cm³/mol. The molecule has 0 rings (SSSR count). The minimum absolute atomic E-state index is 0. The van der Waals surface area contributed by atoms with Gasteiger partial charge in [0.1, 0.15) is 0 Å². The molecule has 0 N–H and O–H groups in total. The van der Waals surface area contributed by atoms with Crippen LogP contribution in [0.2, 0.25) is 0 Å². The maximum Gasteiger partial charge on any atom is 0.0812 e. The first-order chi connectivity index (χ1) is 5.35. The number of nitrogens with zero attached hydrogens (tertiary/aromatic N) is 1. The SMILES string of the molecule is CCC(CC(=O)[O-])C[N+](C)(C)C.[CH3-].[Y]. The first-order valence-electron chi connectivity index (χ1n) is 4.35. The number of carbonyl (C=O) groups excluding carboxylic acids is 1. The van der Waals surface area contributed by atoms with E-state index in [1.54, 1.807) is 0 Å². The van der Waals surface area contributed by atoms with Crippen molar-refractivity contribution >= 4 is 5.97 Å². The summed E-state index contributed by atoms with van der Waals surface area (Å²) >= 11 is 0. The molecule has 0 aliphatic carbocycles. The molecule has 0 saturated carbocycles. The summed E-state index contributed by atoms with van der Waals surface area (Å²) in [7, 11) is 6.20. The fourth-order valence-electron chi connectivity index (χ4n) is 1.35. The van der Waals surface area contributed by atoms with Crippen LogP contribution < -0.4 is 5.11 Å². The van der Waals surface area contributed by atoms with Crippen LogP contribution in [0, 0.1) is 13.3 Å². The molecular formula is C10H22NO2Y-. The van der Waals surface area contributed by atoms with Crippen LogP contribution in [0.15, 0.2) is 0 Å². The smallest absolute Gasteiger partial charge is 0.0812 e. The van der Waals surface area contributed by atoms with Crippen LogP contribution in [0.3, 0.4) is 0 Å². The van der Waals surface area contributed by atoms with Crippen molar-refractivity contribution < 1.29 is 47.1 Å². The van der Waals surface area contributed by atoms with Crippen LogP contribution in [0.25, 0.3) is 0 Å². The minimum atomic E-state index is -0.935. The van der Waals surface area contributed by atoms with Gasteiger partial charge in [-0.1, -0.05) is 6.92 Å². The fourth-order valence-corrected chi connectivity index (χ4v) is 1.35. The van der Waals surface area contributed by atoms with Crippen LogP contribution in [0.1, 0.15) is 19.8 Å². The van der Waals surface area contributed by atoms with Gasteiger partial charge in [0.2, 0.25) is 0 Å². The van der Waals surface area contributed by atoms with Gasteiger partial charge in [-0.05, 0) is 12.8 Å². The van der Waals surface area contributed by atoms with Crippen LogP contribution in [-0.2, 0) is 37.5 Å². The molecule has 0 fully saturated rings. The molecule has 83 valence electrons. The number of hydrogen-bond donors (Lipinski definition) is 0. The summed E-state index contributed by atoms with van der Waals surface area (Å²) in [4.78, 5) is 10.3. The Bertz CT molecular complexity index is 155. The molecule has 0 aliphatic rings. The maximum absolute atomic E-state index is 10.3. The Morgan fingerprint density at radius 1 is 1.36 bits per heavy atom. The van der Waals surface area contributed by atoms with Gasteiger partial charge in [-0.2, -0.15) is 0 Å². The molecule has 0 heterocycles. The van der Waals surface area contributed by atoms with Crippen molar-refractivity contribution in [3.63, 3.8) is 0 Å². The second-order valence-corrected chi connectivity index (χ2v) is 4.32. The number of aliphatic carboxylic acids is 1. The molecule has 0 aromatic heterocycles. The van der Waals surface area contributed by atoms with Gasteiger partial charge in [0.25, 0.3) is 0 Å². The van der Waals surface area contributed by atoms with E-state index in [9.17, 15) is 9.90 Å². The Hall–Kier alpha value is 0.534. The summed E-state index contributed by atoms with van der Waals surface area (Å²) in [5.74, 6) is -0.690. The molecule has 0 aromatic carbocycles. The van der Waals surface area contributed by atoms with Gasteiger partial charge in [-0.15, -0.1) is 0 Å². The number of carboxylic acids is 1. The standard InChI is InChI=1S/C9H19NO2.CH3.Y/c1-5-8(6-9(11)12)7-10(2,3)4;;/h8H,5-7H2,1-4H3;1H3;/q;-1;. The van der Waals surface area contributed by atoms with Gasteiger partial charge in [0.05, 0.1) is 27.7 Å². The zero-order valence-electron chi connectivity index (χ0n) is 10.0. The van der Waals surface area contributed by atoms with Crippen LogP contribution in [-0.4, -0.2) is 38.1 Å². The van der Waals surface area contributed by atoms with Crippen molar-refractivity contribution in [3.05, 3.63) is 7.43 Å². The Morgan fingerprint density at radius 3 is 2.00 bits per heavy atom. The normalized spacial score (nSPS) is 12.3. The van der Waals surface area contributed by atoms with Crippen molar-refractivity contribution in [1.82, 2.24) is 0 Å². The second kappa shape index (κ2) is 8.81. The molecule has 0 spiro atoms. The van der Waals surface area contributed by atoms with Crippen LogP contribution in [0.5, 0.6) is 0 Å². The third-order valence-electron chi connectivity index (χ3n) is 1.84. The summed E-state index contributed by atoms with van der Waals surface area (Å²) in [6.45, 7) is 2.91. The Morgan fingerprint density at radius 2 is 1.79 bits per heavy atom. The average molecular weight is 277 g/mol. The molecule has 0 bridgehead atoms. The van der Waals surface area contributed by atoms with Crippen LogP contribution in [0.4, 0.5) is 0 Å². The topological polar surface area (TPSA) is 40.1 Å². The van der Waals surface area contributed by atoms with Gasteiger partial charge < -0.3 is 21.8 Å². The van der Waals surface area contributed by atoms with Crippen molar-refractivity contribution in [2.24, 2.45) is 5.92 Å². The number of quaternary nitrogens is 1. The summed E-state index contributed by atoms with van der Waals surface area (Å²) in [5.41, 5.74) is 0. The van der Waals surface area contributed by atoms with Crippen molar-refractivity contribution in [2.45, 2.75) is 19.8 Å². The van der Waals surface area contributed by atoms with Crippen molar-refractivity contribution in [3.8, 4) is 0 Å². The van der Waals surface area contributed by atoms with E-state index in [4.69, 9.17) is 0 Å². The summed E-state index contributed by atoms with van der Waals surface area (Å²) in [5, 5.41) is 10.3. The summed E-state index contributed by atoms with van der Waals surface area (Å²) in [6, 6.07) is 0. The fraction of sp³-hybridized carbons (Fsp3) is 0.800. The van der Waals surface area contributed by atoms with E-state index in [1.165, 1.54) is 0 Å². The van der Waals surface area contributed by atoms with Gasteiger partial charge in [0, 0.05) is 44.6 Å². The Kier molecular flexibility index (Phi) is 12.6. The molecule has 1 unspecified atom stereocenters. The predicted octanol–water partition coefficient (Wildman–Crippen LogP) is 0.307. The number of carboxylic acid groups (broad SMARTS) is 1. The van der Waals surface area contributed by atoms with Crippen molar-refractivity contribution in [1.29, 1.82) is 0 Å². The molecule has 3 nitrogen and oxygen atoms in total. The van der Waals surface area contributed by atoms with E-state index in [0.717, 1.165) is 17.4 Å². The van der Waals surface area contributed by atoms with E-state index in [1.807, 2.05) is 6.92 Å². The van der Waals surface area contributed by atoms with Gasteiger partial charge >= 0.3 is 0 Å². The summed E-state index contributed by atoms with van der Waals surface area (Å²) in [6.07, 6.45) is 1.09. The first-order valence-corrected chi connectivity index (χ1v) is 4.35. The molecule has 14 heavy (non-hydrogen) atoms. The Labute approximate surface area is 113 Å². The number of rotatable bonds is 5. The zero-order chi connectivity index (χ0) is 9.78. The molecule has 4 heteroatoms. The third-order valence-corrected chi connectivity index (χ3v) is 1.84. The van der Waals surface area contributed by atoms with E-state index >= 15 is 0 Å². The molecule has 1 radical (unpaired) electrons. The molecule has 1 atom stereocenters. The van der Waals surface area contributed by atoms with Crippen molar-refractivity contribution in [2.75, 3.05) is 27.7 Å². The molecule has 0 saturated heterocycles. The van der Waals surface area contributed by atoms with E-state index in [-0.39, 0.29) is 52.5 Å². The number of carbonyl (C=O) groups is 1. The van der Waals surface area contributed by atoms with E-state index in [2.05, 4.69) is 21.1 Å². The maximum atomic E-state index is 10.3. The quantitative estimate of drug-likeness (QED) is 0.536. The monoisotopic (exact) mass is 277 g/mol. The first kappa shape index (κ1) is 20.0. The van der Waals surface area contributed by atoms with Gasteiger partial charge in [-0.3, -0.25) is 0 Å². The van der Waals surface area contributed by atoms with Crippen LogP contribution >= 0.6 is 0 Å². The molecule has 0 aliphatic heterocycles. The largest absolute Gasteiger partial charge is 0.550 e. The Balaban J connectivity index is -0.000000605. The zero-order valence-corrected chi connectivity index (χ0v) is 12.9. The third kappa shape index (κ3) is 12.5. The van der Waals surface area contributed by atoms with Gasteiger partial charge in [-0.25, -0.2) is 0 Å². The average Bonchev–Trinajstić information content (AvgIpc) is 1.82. The second-order valence-electron chi connectivity index (χ2n) is 4.32. The van der Waals surface area contributed by atoms with E-state index < -0.39 is 5.97 Å². The summed E-state index contributed by atoms with van der Waals surface area (Å²) < 4.78 is 0.811. The molecular weight excluding hydrogens is 255 g/mol. The van der Waals surface area contributed by atoms with E-state index in [0.29, 0.717) is 0 Å². The minimum Gasteiger partial charge on any atom is -0.550 e. The number of hydrogen-bond acceptors (Lipinski definition) is 2. The molecule has 0 amide bonds.